The lowest BCUT2D eigenvalue weighted by molar-refractivity contribution is 0.307. The molecule has 1 aromatic rings. The molecule has 0 amide bonds. The monoisotopic (exact) mass is 268 g/mol. The first kappa shape index (κ1) is 16.9. The Balaban J connectivity index is 0.00000256. The van der Waals surface area contributed by atoms with Crippen LogP contribution < -0.4 is 0 Å². The molecule has 0 saturated carbocycles. The third-order valence-electron chi connectivity index (χ3n) is 2.27. The summed E-state index contributed by atoms with van der Waals surface area (Å²) in [7, 11) is -3.55. The van der Waals surface area contributed by atoms with Crippen LogP contribution in [0.1, 0.15) is 32.6 Å². The Morgan fingerprint density at radius 1 is 1.06 bits per heavy atom. The minimum atomic E-state index is -3.55. The molecular weight excluding hydrogens is 249 g/mol. The van der Waals surface area contributed by atoms with Gasteiger partial charge >= 0.3 is 23.1 Å². The highest BCUT2D eigenvalue weighted by atomic mass is 32.2. The van der Waals surface area contributed by atoms with Crippen LogP contribution in [0.5, 0.6) is 0 Å². The van der Waals surface area contributed by atoms with Crippen molar-refractivity contribution in [2.24, 2.45) is 0 Å². The van der Waals surface area contributed by atoms with Crippen molar-refractivity contribution in [3.05, 3.63) is 30.3 Å². The van der Waals surface area contributed by atoms with Gasteiger partial charge < -0.3 is 0 Å². The van der Waals surface area contributed by atoms with Crippen molar-refractivity contribution in [1.29, 1.82) is 0 Å². The topological polar surface area (TPSA) is 43.4 Å². The first-order valence-corrected chi connectivity index (χ1v) is 7.02. The number of unbranched alkanes of at least 4 members (excludes halogenated alkanes) is 3. The summed E-state index contributed by atoms with van der Waals surface area (Å²) in [6.07, 6.45) is 4.06. The van der Waals surface area contributed by atoms with E-state index in [2.05, 4.69) is 6.92 Å². The lowest BCUT2D eigenvalue weighted by Crippen LogP contribution is -2.07. The molecule has 1 rings (SSSR count). The molecule has 3 nitrogen and oxygen atoms in total. The summed E-state index contributed by atoms with van der Waals surface area (Å²) in [6.45, 7) is 2.39. The molecule has 0 N–H and O–H groups in total. The van der Waals surface area contributed by atoms with Crippen LogP contribution in [0.2, 0.25) is 0 Å². The summed E-state index contributed by atoms with van der Waals surface area (Å²) in [4.78, 5) is 0.227. The van der Waals surface area contributed by atoms with Crippen molar-refractivity contribution in [3.63, 3.8) is 0 Å². The SMILES string of the molecule is CCCCCCOS(=O)(=O)c1ccccc1.[MgH2]. The summed E-state index contributed by atoms with van der Waals surface area (Å²) in [6, 6.07) is 8.24. The van der Waals surface area contributed by atoms with Gasteiger partial charge in [0.2, 0.25) is 0 Å². The van der Waals surface area contributed by atoms with E-state index in [-0.39, 0.29) is 34.6 Å². The van der Waals surface area contributed by atoms with Gasteiger partial charge in [0, 0.05) is 0 Å². The summed E-state index contributed by atoms with van der Waals surface area (Å²) in [5.74, 6) is 0. The highest BCUT2D eigenvalue weighted by Crippen LogP contribution is 2.12. The van der Waals surface area contributed by atoms with Gasteiger partial charge in [-0.1, -0.05) is 44.4 Å². The lowest BCUT2D eigenvalue weighted by atomic mass is 10.2. The Hall–Kier alpha value is -0.104. The first-order valence-electron chi connectivity index (χ1n) is 5.61. The Bertz CT molecular complexity index is 389. The van der Waals surface area contributed by atoms with Crippen LogP contribution in [0.15, 0.2) is 35.2 Å². The average molecular weight is 269 g/mol. The van der Waals surface area contributed by atoms with Gasteiger partial charge in [0.05, 0.1) is 11.5 Å². The second-order valence-corrected chi connectivity index (χ2v) is 5.27. The molecule has 0 aromatic heterocycles. The lowest BCUT2D eigenvalue weighted by Gasteiger charge is -2.04. The van der Waals surface area contributed by atoms with Crippen molar-refractivity contribution >= 4 is 33.2 Å². The fourth-order valence-electron chi connectivity index (χ4n) is 1.35. The van der Waals surface area contributed by atoms with Crippen LogP contribution in [0.4, 0.5) is 0 Å². The van der Waals surface area contributed by atoms with Crippen molar-refractivity contribution in [2.45, 2.75) is 37.5 Å². The number of rotatable bonds is 7. The standard InChI is InChI=1S/C12H18O3S.Mg.2H/c1-2-3-4-8-11-15-16(13,14)12-9-6-5-7-10-12;;;/h5-7,9-10H,2-4,8,11H2,1H3;;;. The van der Waals surface area contributed by atoms with Gasteiger partial charge in [0.25, 0.3) is 10.1 Å². The minimum Gasteiger partial charge on any atom is -0.266 e. The van der Waals surface area contributed by atoms with Gasteiger partial charge in [-0.05, 0) is 18.6 Å². The van der Waals surface area contributed by atoms with Crippen LogP contribution in [-0.2, 0) is 14.3 Å². The molecule has 17 heavy (non-hydrogen) atoms. The maximum Gasteiger partial charge on any atom is 0.316 e. The number of benzene rings is 1. The van der Waals surface area contributed by atoms with Gasteiger partial charge in [-0.15, -0.1) is 0 Å². The molecule has 0 atom stereocenters. The van der Waals surface area contributed by atoms with E-state index in [4.69, 9.17) is 4.18 Å². The predicted octanol–water partition coefficient (Wildman–Crippen LogP) is 2.06. The minimum absolute atomic E-state index is 0. The molecule has 0 aliphatic carbocycles. The Morgan fingerprint density at radius 2 is 1.71 bits per heavy atom. The summed E-state index contributed by atoms with van der Waals surface area (Å²) in [5.41, 5.74) is 0. The van der Waals surface area contributed by atoms with E-state index in [0.29, 0.717) is 0 Å². The van der Waals surface area contributed by atoms with Crippen LogP contribution in [0.3, 0.4) is 0 Å². The smallest absolute Gasteiger partial charge is 0.266 e. The molecule has 0 unspecified atom stereocenters. The Morgan fingerprint density at radius 3 is 2.29 bits per heavy atom. The van der Waals surface area contributed by atoms with E-state index in [9.17, 15) is 8.42 Å². The molecule has 0 aliphatic rings. The van der Waals surface area contributed by atoms with Gasteiger partial charge in [0.15, 0.2) is 0 Å². The fourth-order valence-corrected chi connectivity index (χ4v) is 2.32. The summed E-state index contributed by atoms with van der Waals surface area (Å²) >= 11 is 0. The van der Waals surface area contributed by atoms with Gasteiger partial charge in [-0.2, -0.15) is 8.42 Å². The molecule has 0 aliphatic heterocycles. The predicted molar refractivity (Wildman–Crippen MR) is 72.3 cm³/mol. The van der Waals surface area contributed by atoms with E-state index >= 15 is 0 Å². The van der Waals surface area contributed by atoms with Gasteiger partial charge in [0.1, 0.15) is 0 Å². The maximum atomic E-state index is 11.6. The zero-order valence-corrected chi connectivity index (χ0v) is 10.4. The van der Waals surface area contributed by atoms with Crippen molar-refractivity contribution in [1.82, 2.24) is 0 Å². The molecule has 0 spiro atoms. The molecular formula is C12H20MgO3S. The highest BCUT2D eigenvalue weighted by Gasteiger charge is 2.13. The van der Waals surface area contributed by atoms with Gasteiger partial charge in [-0.25, -0.2) is 0 Å². The fraction of sp³-hybridized carbons (Fsp3) is 0.500. The largest absolute Gasteiger partial charge is 0.316 e. The normalized spacial score (nSPS) is 10.9. The molecule has 0 fully saturated rings. The molecule has 5 heteroatoms. The molecule has 94 valence electrons. The second-order valence-electron chi connectivity index (χ2n) is 3.65. The Labute approximate surface area is 120 Å². The quantitative estimate of drug-likeness (QED) is 0.432. The van der Waals surface area contributed by atoms with Crippen molar-refractivity contribution in [2.75, 3.05) is 6.61 Å². The van der Waals surface area contributed by atoms with Crippen LogP contribution in [0.25, 0.3) is 0 Å². The molecule has 1 aromatic carbocycles. The number of hydrogen-bond acceptors (Lipinski definition) is 3. The van der Waals surface area contributed by atoms with Crippen molar-refractivity contribution in [3.8, 4) is 0 Å². The second kappa shape index (κ2) is 8.91. The zero-order valence-electron chi connectivity index (χ0n) is 9.56. The van der Waals surface area contributed by atoms with E-state index in [1.807, 2.05) is 0 Å². The molecule has 0 heterocycles. The van der Waals surface area contributed by atoms with Crippen LogP contribution >= 0.6 is 0 Å². The highest BCUT2D eigenvalue weighted by molar-refractivity contribution is 7.86. The van der Waals surface area contributed by atoms with Crippen LogP contribution in [0, 0.1) is 0 Å². The van der Waals surface area contributed by atoms with E-state index in [0.717, 1.165) is 25.7 Å². The Kier molecular flexibility index (Phi) is 8.86. The van der Waals surface area contributed by atoms with Crippen molar-refractivity contribution < 1.29 is 12.6 Å². The third-order valence-corrected chi connectivity index (χ3v) is 3.59. The van der Waals surface area contributed by atoms with E-state index in [1.54, 1.807) is 30.3 Å². The zero-order chi connectivity index (χ0) is 11.9. The third kappa shape index (κ3) is 6.40. The molecule has 0 bridgehead atoms. The number of hydrogen-bond donors (Lipinski definition) is 0. The molecule has 0 radical (unpaired) electrons. The average Bonchev–Trinajstić information content (AvgIpc) is 2.30. The molecule has 0 saturated heterocycles. The van der Waals surface area contributed by atoms with Crippen LogP contribution in [-0.4, -0.2) is 38.1 Å². The van der Waals surface area contributed by atoms with E-state index in [1.165, 1.54) is 0 Å². The summed E-state index contributed by atoms with van der Waals surface area (Å²) in [5, 5.41) is 0. The maximum absolute atomic E-state index is 11.6. The first-order chi connectivity index (χ1) is 7.67. The van der Waals surface area contributed by atoms with Gasteiger partial charge in [-0.3, -0.25) is 4.18 Å². The van der Waals surface area contributed by atoms with E-state index < -0.39 is 10.1 Å². The summed E-state index contributed by atoms with van der Waals surface area (Å²) < 4.78 is 28.2.